The third-order valence-electron chi connectivity index (χ3n) is 7.87. The van der Waals surface area contributed by atoms with E-state index in [9.17, 15) is 9.59 Å². The van der Waals surface area contributed by atoms with Crippen molar-refractivity contribution in [2.24, 2.45) is 0 Å². The number of benzene rings is 1. The molecule has 1 aliphatic carbocycles. The van der Waals surface area contributed by atoms with Gasteiger partial charge in [-0.15, -0.1) is 0 Å². The number of ether oxygens (including phenoxy) is 1. The van der Waals surface area contributed by atoms with Gasteiger partial charge in [0.25, 0.3) is 5.91 Å². The lowest BCUT2D eigenvalue weighted by atomic mass is 9.62. The number of piperidine rings is 1. The van der Waals surface area contributed by atoms with E-state index in [-0.39, 0.29) is 22.7 Å². The van der Waals surface area contributed by atoms with Crippen LogP contribution in [0.15, 0.2) is 28.7 Å². The largest absolute Gasteiger partial charge is 0.464 e. The van der Waals surface area contributed by atoms with Crippen molar-refractivity contribution in [3.05, 3.63) is 58.0 Å². The molecule has 1 amide bonds. The molecule has 5 nitrogen and oxygen atoms in total. The average Bonchev–Trinajstić information content (AvgIpc) is 3.26. The lowest BCUT2D eigenvalue weighted by Gasteiger charge is -2.42. The smallest absolute Gasteiger partial charge is 0.328 e. The highest BCUT2D eigenvalue weighted by Gasteiger charge is 2.38. The lowest BCUT2D eigenvalue weighted by molar-refractivity contribution is -0.149. The van der Waals surface area contributed by atoms with Gasteiger partial charge in [-0.1, -0.05) is 39.8 Å². The second kappa shape index (κ2) is 9.24. The van der Waals surface area contributed by atoms with Crippen LogP contribution in [0.2, 0.25) is 0 Å². The lowest BCUT2D eigenvalue weighted by Crippen LogP contribution is -2.48. The molecule has 1 aromatic heterocycles. The minimum absolute atomic E-state index is 0.147. The number of rotatable bonds is 5. The summed E-state index contributed by atoms with van der Waals surface area (Å²) >= 11 is 0. The SMILES string of the molecule is CCOC(=O)C1CCCCN1C(=O)c1ccc(Cc2cc3c(cc2C)C(C)(C)CCC3(C)C)o1. The normalized spacial score (nSPS) is 21.1. The van der Waals surface area contributed by atoms with E-state index < -0.39 is 6.04 Å². The monoisotopic (exact) mass is 465 g/mol. The number of likely N-dealkylation sites (tertiary alicyclic amines) is 1. The summed E-state index contributed by atoms with van der Waals surface area (Å²) in [4.78, 5) is 27.2. The van der Waals surface area contributed by atoms with Gasteiger partial charge in [0.2, 0.25) is 0 Å². The van der Waals surface area contributed by atoms with Gasteiger partial charge in [-0.3, -0.25) is 4.79 Å². The number of hydrogen-bond donors (Lipinski definition) is 0. The number of carbonyl (C=O) groups is 2. The number of carbonyl (C=O) groups excluding carboxylic acids is 2. The predicted octanol–water partition coefficient (Wildman–Crippen LogP) is 6.09. The number of fused-ring (bicyclic) bond motifs is 1. The Bertz CT molecular complexity index is 1080. The quantitative estimate of drug-likeness (QED) is 0.502. The van der Waals surface area contributed by atoms with Crippen molar-refractivity contribution in [3.63, 3.8) is 0 Å². The molecule has 0 N–H and O–H groups in total. The van der Waals surface area contributed by atoms with Crippen LogP contribution in [-0.2, 0) is 26.8 Å². The van der Waals surface area contributed by atoms with Crippen molar-refractivity contribution in [1.29, 1.82) is 0 Å². The van der Waals surface area contributed by atoms with E-state index in [1.54, 1.807) is 17.9 Å². The van der Waals surface area contributed by atoms with Crippen LogP contribution in [0.25, 0.3) is 0 Å². The minimum atomic E-state index is -0.525. The van der Waals surface area contributed by atoms with Gasteiger partial charge in [-0.2, -0.15) is 0 Å². The van der Waals surface area contributed by atoms with Crippen LogP contribution >= 0.6 is 0 Å². The van der Waals surface area contributed by atoms with Crippen molar-refractivity contribution in [3.8, 4) is 0 Å². The first kappa shape index (κ1) is 24.6. The number of furan rings is 1. The second-order valence-electron chi connectivity index (χ2n) is 11.3. The molecule has 2 heterocycles. The molecule has 1 unspecified atom stereocenters. The molecular weight excluding hydrogens is 426 g/mol. The van der Waals surface area contributed by atoms with Gasteiger partial charge in [0.1, 0.15) is 11.8 Å². The Balaban J connectivity index is 1.56. The zero-order valence-corrected chi connectivity index (χ0v) is 21.6. The fourth-order valence-electron chi connectivity index (χ4n) is 5.53. The molecule has 1 aromatic carbocycles. The molecule has 1 atom stereocenters. The maximum absolute atomic E-state index is 13.2. The zero-order chi connectivity index (χ0) is 24.7. The molecule has 1 fully saturated rings. The van der Waals surface area contributed by atoms with Crippen LogP contribution in [0.1, 0.15) is 105 Å². The van der Waals surface area contributed by atoms with E-state index in [0.29, 0.717) is 31.8 Å². The summed E-state index contributed by atoms with van der Waals surface area (Å²) in [7, 11) is 0. The molecule has 184 valence electrons. The predicted molar refractivity (Wildman–Crippen MR) is 133 cm³/mol. The molecule has 0 saturated carbocycles. The van der Waals surface area contributed by atoms with Crippen LogP contribution < -0.4 is 0 Å². The Morgan fingerprint density at radius 2 is 1.74 bits per heavy atom. The molecule has 0 bridgehead atoms. The van der Waals surface area contributed by atoms with Gasteiger partial charge in [-0.25, -0.2) is 4.79 Å². The Hall–Kier alpha value is -2.56. The molecule has 2 aromatic rings. The van der Waals surface area contributed by atoms with Crippen LogP contribution in [0, 0.1) is 6.92 Å². The summed E-state index contributed by atoms with van der Waals surface area (Å²) in [5.74, 6) is 0.513. The van der Waals surface area contributed by atoms with Crippen LogP contribution in [0.5, 0.6) is 0 Å². The highest BCUT2D eigenvalue weighted by Crippen LogP contribution is 2.46. The molecule has 34 heavy (non-hydrogen) atoms. The first-order valence-electron chi connectivity index (χ1n) is 12.7. The fraction of sp³-hybridized carbons (Fsp3) is 0.586. The van der Waals surface area contributed by atoms with Gasteiger partial charge >= 0.3 is 5.97 Å². The highest BCUT2D eigenvalue weighted by atomic mass is 16.5. The van der Waals surface area contributed by atoms with E-state index in [0.717, 1.165) is 18.6 Å². The van der Waals surface area contributed by atoms with Gasteiger partial charge in [0.05, 0.1) is 6.61 Å². The molecule has 5 heteroatoms. The maximum Gasteiger partial charge on any atom is 0.328 e. The minimum Gasteiger partial charge on any atom is -0.464 e. The van der Waals surface area contributed by atoms with Crippen molar-refractivity contribution in [2.45, 2.75) is 96.9 Å². The number of amides is 1. The first-order valence-corrected chi connectivity index (χ1v) is 12.7. The summed E-state index contributed by atoms with van der Waals surface area (Å²) in [6.45, 7) is 14.2. The van der Waals surface area contributed by atoms with Crippen molar-refractivity contribution < 1.29 is 18.7 Å². The highest BCUT2D eigenvalue weighted by molar-refractivity contribution is 5.94. The van der Waals surface area contributed by atoms with Gasteiger partial charge in [-0.05, 0) is 91.2 Å². The van der Waals surface area contributed by atoms with Crippen molar-refractivity contribution >= 4 is 11.9 Å². The standard InChI is InChI=1S/C29H39NO4/c1-7-33-27(32)24-10-8-9-15-30(24)26(31)25-12-11-21(34-25)17-20-18-23-22(16-19(20)2)28(3,4)13-14-29(23,5)6/h11-12,16,18,24H,7-10,13-15,17H2,1-6H3. The topological polar surface area (TPSA) is 59.8 Å². The summed E-state index contributed by atoms with van der Waals surface area (Å²) in [6, 6.07) is 7.83. The van der Waals surface area contributed by atoms with Crippen molar-refractivity contribution in [1.82, 2.24) is 4.90 Å². The van der Waals surface area contributed by atoms with Gasteiger partial charge in [0, 0.05) is 13.0 Å². The van der Waals surface area contributed by atoms with E-state index in [2.05, 4.69) is 46.8 Å². The van der Waals surface area contributed by atoms with Gasteiger partial charge in [0.15, 0.2) is 5.76 Å². The molecule has 0 spiro atoms. The first-order chi connectivity index (χ1) is 16.0. The number of hydrogen-bond acceptors (Lipinski definition) is 4. The van der Waals surface area contributed by atoms with Crippen LogP contribution in [0.3, 0.4) is 0 Å². The summed E-state index contributed by atoms with van der Waals surface area (Å²) < 4.78 is 11.2. The fourth-order valence-corrected chi connectivity index (χ4v) is 5.53. The third-order valence-corrected chi connectivity index (χ3v) is 7.87. The van der Waals surface area contributed by atoms with E-state index in [4.69, 9.17) is 9.15 Å². The Morgan fingerprint density at radius 1 is 1.06 bits per heavy atom. The van der Waals surface area contributed by atoms with E-state index in [1.807, 2.05) is 6.07 Å². The molecule has 4 rings (SSSR count). The Labute approximate surface area is 203 Å². The van der Waals surface area contributed by atoms with Gasteiger partial charge < -0.3 is 14.1 Å². The molecule has 2 aliphatic rings. The summed E-state index contributed by atoms with van der Waals surface area (Å²) in [5, 5.41) is 0. The van der Waals surface area contributed by atoms with Crippen LogP contribution in [-0.4, -0.2) is 36.0 Å². The maximum atomic E-state index is 13.2. The number of esters is 1. The number of aryl methyl sites for hydroxylation is 1. The molecule has 0 radical (unpaired) electrons. The number of nitrogens with zero attached hydrogens (tertiary/aromatic N) is 1. The Morgan fingerprint density at radius 3 is 2.41 bits per heavy atom. The van der Waals surface area contributed by atoms with E-state index >= 15 is 0 Å². The summed E-state index contributed by atoms with van der Waals surface area (Å²) in [6.07, 6.45) is 5.45. The van der Waals surface area contributed by atoms with Crippen LogP contribution in [0.4, 0.5) is 0 Å². The molecular formula is C29H39NO4. The molecule has 1 aliphatic heterocycles. The summed E-state index contributed by atoms with van der Waals surface area (Å²) in [5.41, 5.74) is 5.71. The third kappa shape index (κ3) is 4.67. The van der Waals surface area contributed by atoms with E-state index in [1.165, 1.54) is 35.1 Å². The van der Waals surface area contributed by atoms with Crippen molar-refractivity contribution in [2.75, 3.05) is 13.2 Å². The molecule has 1 saturated heterocycles. The average molecular weight is 466 g/mol. The second-order valence-corrected chi connectivity index (χ2v) is 11.3. The zero-order valence-electron chi connectivity index (χ0n) is 21.6. The Kier molecular flexibility index (Phi) is 6.67.